The van der Waals surface area contributed by atoms with Crippen molar-refractivity contribution in [3.8, 4) is 11.5 Å². The summed E-state index contributed by atoms with van der Waals surface area (Å²) in [6.07, 6.45) is 5.40. The van der Waals surface area contributed by atoms with Gasteiger partial charge < -0.3 is 30.0 Å². The zero-order valence-electron chi connectivity index (χ0n) is 26.8. The van der Waals surface area contributed by atoms with Crippen molar-refractivity contribution in [2.45, 2.75) is 95.9 Å². The number of amides is 2. The van der Waals surface area contributed by atoms with Crippen molar-refractivity contribution in [3.05, 3.63) is 43.1 Å². The molecule has 0 spiro atoms. The lowest BCUT2D eigenvalue weighted by atomic mass is 9.86. The van der Waals surface area contributed by atoms with Crippen LogP contribution < -0.4 is 20.1 Å². The van der Waals surface area contributed by atoms with Crippen LogP contribution in [0.4, 0.5) is 4.79 Å². The van der Waals surface area contributed by atoms with Gasteiger partial charge in [0.25, 0.3) is 0 Å². The highest BCUT2D eigenvalue weighted by molar-refractivity contribution is 5.97. The van der Waals surface area contributed by atoms with Crippen molar-refractivity contribution >= 4 is 34.7 Å². The summed E-state index contributed by atoms with van der Waals surface area (Å²) in [5.41, 5.74) is -1.54. The predicted molar refractivity (Wildman–Crippen MR) is 168 cm³/mol. The molecule has 6 unspecified atom stereocenters. The van der Waals surface area contributed by atoms with Crippen LogP contribution in [0, 0.1) is 17.8 Å². The number of ether oxygens (including phenoxy) is 3. The van der Waals surface area contributed by atoms with Crippen LogP contribution in [-0.2, 0) is 19.1 Å². The number of alkyl carbamates (subject to hydrolysis) is 1. The molecule has 11 heteroatoms. The molecule has 1 aromatic carbocycles. The van der Waals surface area contributed by atoms with Crippen LogP contribution in [0.1, 0.15) is 72.6 Å². The molecular weight excluding hydrogens is 578 g/mol. The van der Waals surface area contributed by atoms with Crippen LogP contribution in [-0.4, -0.2) is 64.2 Å². The average Bonchev–Trinajstić information content (AvgIpc) is 3.55. The van der Waals surface area contributed by atoms with E-state index in [9.17, 15) is 24.3 Å². The van der Waals surface area contributed by atoms with Crippen molar-refractivity contribution in [1.29, 1.82) is 0 Å². The summed E-state index contributed by atoms with van der Waals surface area (Å²) >= 11 is 0. The minimum Gasteiger partial charge on any atom is -0.497 e. The number of carbonyl (C=O) groups is 4. The topological polar surface area (TPSA) is 153 Å². The number of ketones is 1. The Balaban J connectivity index is 1.62. The van der Waals surface area contributed by atoms with Gasteiger partial charge in [-0.2, -0.15) is 0 Å². The molecule has 0 radical (unpaired) electrons. The summed E-state index contributed by atoms with van der Waals surface area (Å²) in [6.45, 7) is 11.0. The number of carboxylic acid groups (broad SMARTS) is 1. The summed E-state index contributed by atoms with van der Waals surface area (Å²) in [5.74, 6) is -2.87. The standard InChI is InChI=1S/C34H45N3O8/c1-7-9-10-11-26(36-32(42)45-33(3,4)5)29(38)24-16-22(17-25(24)30(39)37-34(31(40)41)19-20(34)8-2)44-28-14-15-35-27-18-21(43-6)12-13-23(27)28/h8,12-15,18,20,22,24-26H,2,7,9-11,16-17,19H2,1,3-6H3,(H,36,42)(H,37,39)(H,40,41). The van der Waals surface area contributed by atoms with Crippen molar-refractivity contribution in [2.75, 3.05) is 7.11 Å². The number of carboxylic acids is 1. The lowest BCUT2D eigenvalue weighted by molar-refractivity contribution is -0.144. The molecule has 2 amide bonds. The number of benzene rings is 1. The summed E-state index contributed by atoms with van der Waals surface area (Å²) in [4.78, 5) is 57.3. The molecule has 4 rings (SSSR count). The van der Waals surface area contributed by atoms with Gasteiger partial charge in [0.15, 0.2) is 5.78 Å². The number of fused-ring (bicyclic) bond motifs is 1. The highest BCUT2D eigenvalue weighted by atomic mass is 16.6. The van der Waals surface area contributed by atoms with Crippen LogP contribution in [0.5, 0.6) is 11.5 Å². The Hall–Kier alpha value is -4.15. The van der Waals surface area contributed by atoms with Gasteiger partial charge in [-0.25, -0.2) is 9.59 Å². The molecule has 0 aliphatic heterocycles. The third kappa shape index (κ3) is 7.93. The van der Waals surface area contributed by atoms with Gasteiger partial charge in [-0.15, -0.1) is 6.58 Å². The predicted octanol–water partition coefficient (Wildman–Crippen LogP) is 5.21. The number of aromatic nitrogens is 1. The fourth-order valence-electron chi connectivity index (χ4n) is 6.12. The molecule has 3 N–H and O–H groups in total. The van der Waals surface area contributed by atoms with Gasteiger partial charge in [-0.05, 0) is 64.7 Å². The lowest BCUT2D eigenvalue weighted by Gasteiger charge is -2.27. The van der Waals surface area contributed by atoms with E-state index in [4.69, 9.17) is 14.2 Å². The van der Waals surface area contributed by atoms with E-state index in [1.807, 2.05) is 13.0 Å². The summed E-state index contributed by atoms with van der Waals surface area (Å²) in [7, 11) is 1.57. The second-order valence-electron chi connectivity index (χ2n) is 13.0. The number of nitrogens with one attached hydrogen (secondary N) is 2. The number of hydrogen-bond donors (Lipinski definition) is 3. The normalized spacial score (nSPS) is 24.7. The number of nitrogens with zero attached hydrogens (tertiary/aromatic N) is 1. The number of aliphatic carboxylic acids is 1. The number of pyridine rings is 1. The Labute approximate surface area is 264 Å². The Morgan fingerprint density at radius 3 is 2.51 bits per heavy atom. The number of methoxy groups -OCH3 is 1. The van der Waals surface area contributed by atoms with E-state index in [0.717, 1.165) is 18.2 Å². The smallest absolute Gasteiger partial charge is 0.408 e. The largest absolute Gasteiger partial charge is 0.497 e. The van der Waals surface area contributed by atoms with E-state index in [-0.39, 0.29) is 25.0 Å². The first-order valence-corrected chi connectivity index (χ1v) is 15.6. The minimum atomic E-state index is -1.44. The van der Waals surface area contributed by atoms with Gasteiger partial charge >= 0.3 is 12.1 Å². The van der Waals surface area contributed by atoms with Crippen molar-refractivity contribution in [2.24, 2.45) is 17.8 Å². The zero-order valence-corrected chi connectivity index (χ0v) is 26.8. The average molecular weight is 624 g/mol. The molecule has 11 nitrogen and oxygen atoms in total. The maximum Gasteiger partial charge on any atom is 0.408 e. The molecule has 2 fully saturated rings. The molecule has 2 aromatic rings. The third-order valence-electron chi connectivity index (χ3n) is 8.58. The van der Waals surface area contributed by atoms with E-state index in [0.29, 0.717) is 29.9 Å². The fourth-order valence-corrected chi connectivity index (χ4v) is 6.12. The van der Waals surface area contributed by atoms with E-state index < -0.39 is 59.0 Å². The molecule has 244 valence electrons. The van der Waals surface area contributed by atoms with E-state index in [1.54, 1.807) is 52.3 Å². The maximum atomic E-state index is 14.2. The number of rotatable bonds is 14. The first-order valence-electron chi connectivity index (χ1n) is 15.6. The first kappa shape index (κ1) is 33.7. The second-order valence-corrected chi connectivity index (χ2v) is 13.0. The van der Waals surface area contributed by atoms with Gasteiger partial charge in [0, 0.05) is 29.5 Å². The lowest BCUT2D eigenvalue weighted by Crippen LogP contribution is -2.50. The molecule has 1 heterocycles. The number of hydrogen-bond acceptors (Lipinski definition) is 8. The molecule has 0 saturated heterocycles. The van der Waals surface area contributed by atoms with Gasteiger partial charge in [-0.1, -0.05) is 32.3 Å². The van der Waals surface area contributed by atoms with Crippen LogP contribution in [0.25, 0.3) is 10.9 Å². The minimum absolute atomic E-state index is 0.185. The number of carbonyl (C=O) groups excluding carboxylic acids is 3. The Bertz CT molecular complexity index is 1440. The molecule has 2 aliphatic carbocycles. The zero-order chi connectivity index (χ0) is 32.9. The van der Waals surface area contributed by atoms with Crippen LogP contribution >= 0.6 is 0 Å². The summed E-state index contributed by atoms with van der Waals surface area (Å²) in [5, 5.41) is 16.2. The van der Waals surface area contributed by atoms with E-state index in [2.05, 4.69) is 22.2 Å². The third-order valence-corrected chi connectivity index (χ3v) is 8.58. The monoisotopic (exact) mass is 623 g/mol. The van der Waals surface area contributed by atoms with Gasteiger partial charge in [0.1, 0.15) is 28.7 Å². The molecular formula is C34H45N3O8. The Morgan fingerprint density at radius 2 is 1.89 bits per heavy atom. The molecule has 6 atom stereocenters. The Kier molecular flexibility index (Phi) is 10.4. The summed E-state index contributed by atoms with van der Waals surface area (Å²) < 4.78 is 17.2. The van der Waals surface area contributed by atoms with Gasteiger partial charge in [0.2, 0.25) is 5.91 Å². The van der Waals surface area contributed by atoms with Crippen molar-refractivity contribution in [1.82, 2.24) is 15.6 Å². The highest BCUT2D eigenvalue weighted by Crippen LogP contribution is 2.46. The highest BCUT2D eigenvalue weighted by Gasteiger charge is 2.61. The van der Waals surface area contributed by atoms with Crippen LogP contribution in [0.2, 0.25) is 0 Å². The molecule has 2 saturated carbocycles. The van der Waals surface area contributed by atoms with Crippen LogP contribution in [0.3, 0.4) is 0 Å². The molecule has 0 bridgehead atoms. The molecule has 45 heavy (non-hydrogen) atoms. The van der Waals surface area contributed by atoms with E-state index in [1.165, 1.54) is 6.08 Å². The fraction of sp³-hybridized carbons (Fsp3) is 0.559. The van der Waals surface area contributed by atoms with Crippen LogP contribution in [0.15, 0.2) is 43.1 Å². The number of unbranched alkanes of at least 4 members (excludes halogenated alkanes) is 2. The van der Waals surface area contributed by atoms with E-state index >= 15 is 0 Å². The Morgan fingerprint density at radius 1 is 1.16 bits per heavy atom. The quantitative estimate of drug-likeness (QED) is 0.190. The maximum absolute atomic E-state index is 14.2. The number of Topliss-reactive ketones (excluding diaryl/α,β-unsaturated/α-hetero) is 1. The second kappa shape index (κ2) is 13.9. The first-order chi connectivity index (χ1) is 21.3. The van der Waals surface area contributed by atoms with Gasteiger partial charge in [-0.3, -0.25) is 14.6 Å². The van der Waals surface area contributed by atoms with Gasteiger partial charge in [0.05, 0.1) is 24.6 Å². The summed E-state index contributed by atoms with van der Waals surface area (Å²) in [6, 6.07) is 6.28. The van der Waals surface area contributed by atoms with Crippen molar-refractivity contribution in [3.63, 3.8) is 0 Å². The van der Waals surface area contributed by atoms with Crippen molar-refractivity contribution < 1.29 is 38.5 Å². The molecule has 1 aromatic heterocycles. The molecule has 2 aliphatic rings. The SMILES string of the molecule is C=CC1CC1(NC(=O)C1CC(Oc2ccnc3cc(OC)ccc23)CC1C(=O)C(CCCCC)NC(=O)OC(C)(C)C)C(=O)O.